The van der Waals surface area contributed by atoms with Crippen LogP contribution in [0.15, 0.2) is 35.6 Å². The van der Waals surface area contributed by atoms with E-state index in [2.05, 4.69) is 31.9 Å². The lowest BCUT2D eigenvalue weighted by Crippen LogP contribution is -2.54. The van der Waals surface area contributed by atoms with Crippen molar-refractivity contribution in [3.05, 3.63) is 46.7 Å². The van der Waals surface area contributed by atoms with Crippen molar-refractivity contribution in [2.45, 2.75) is 37.8 Å². The number of hydrogen-bond donors (Lipinski definition) is 1. The quantitative estimate of drug-likeness (QED) is 0.865. The molecule has 4 rings (SSSR count). The molecule has 1 aromatic rings. The molecule has 1 spiro atoms. The van der Waals surface area contributed by atoms with Crippen molar-refractivity contribution in [3.8, 4) is 11.5 Å². The van der Waals surface area contributed by atoms with Crippen LogP contribution in [-0.4, -0.2) is 42.9 Å². The Hall–Kier alpha value is -1.94. The van der Waals surface area contributed by atoms with E-state index in [9.17, 15) is 5.11 Å². The topological polar surface area (TPSA) is 41.9 Å². The maximum atomic E-state index is 10.4. The van der Waals surface area contributed by atoms with E-state index in [-0.39, 0.29) is 17.3 Å². The van der Waals surface area contributed by atoms with Gasteiger partial charge in [0, 0.05) is 11.6 Å². The van der Waals surface area contributed by atoms with Gasteiger partial charge >= 0.3 is 0 Å². The molecule has 0 bridgehead atoms. The Morgan fingerprint density at radius 1 is 1.35 bits per heavy atom. The highest BCUT2D eigenvalue weighted by molar-refractivity contribution is 5.64. The number of likely N-dealkylation sites (N-methyl/N-ethyl adjacent to an activating group) is 1. The SMILES string of the molecule is COC1=CC=C2[C@@H](C)N(C)CC[C@@]23c2c(C)ccc(O)c2O[C@@H]13. The maximum absolute atomic E-state index is 10.4. The number of hydrogen-bond acceptors (Lipinski definition) is 4. The zero-order valence-corrected chi connectivity index (χ0v) is 14.1. The number of aryl methyl sites for hydroxylation is 1. The summed E-state index contributed by atoms with van der Waals surface area (Å²) < 4.78 is 11.9. The summed E-state index contributed by atoms with van der Waals surface area (Å²) in [6.45, 7) is 5.33. The van der Waals surface area contributed by atoms with E-state index in [0.717, 1.165) is 24.3 Å². The van der Waals surface area contributed by atoms with Gasteiger partial charge in [-0.05, 0) is 57.1 Å². The Labute approximate surface area is 137 Å². The van der Waals surface area contributed by atoms with Gasteiger partial charge in [-0.2, -0.15) is 0 Å². The Morgan fingerprint density at radius 2 is 2.13 bits per heavy atom. The molecule has 1 aromatic carbocycles. The van der Waals surface area contributed by atoms with E-state index >= 15 is 0 Å². The molecule has 2 heterocycles. The molecule has 0 amide bonds. The van der Waals surface area contributed by atoms with Gasteiger partial charge in [-0.25, -0.2) is 0 Å². The molecule has 3 atom stereocenters. The van der Waals surface area contributed by atoms with Gasteiger partial charge < -0.3 is 14.6 Å². The van der Waals surface area contributed by atoms with Gasteiger partial charge in [0.05, 0.1) is 12.5 Å². The van der Waals surface area contributed by atoms with E-state index in [1.54, 1.807) is 13.2 Å². The fourth-order valence-electron chi connectivity index (χ4n) is 4.57. The van der Waals surface area contributed by atoms with Crippen LogP contribution >= 0.6 is 0 Å². The molecule has 0 aromatic heterocycles. The largest absolute Gasteiger partial charge is 0.504 e. The number of phenolic OH excluding ortho intramolecular Hbond substituents is 1. The molecule has 1 fully saturated rings. The molecule has 4 nitrogen and oxygen atoms in total. The van der Waals surface area contributed by atoms with Crippen LogP contribution in [0.2, 0.25) is 0 Å². The van der Waals surface area contributed by atoms with Gasteiger partial charge in [0.2, 0.25) is 0 Å². The predicted octanol–water partition coefficient (Wildman–Crippen LogP) is 2.89. The normalized spacial score (nSPS) is 32.2. The van der Waals surface area contributed by atoms with E-state index < -0.39 is 0 Å². The van der Waals surface area contributed by atoms with Crippen molar-refractivity contribution >= 4 is 0 Å². The van der Waals surface area contributed by atoms with Crippen molar-refractivity contribution in [2.24, 2.45) is 0 Å². The summed E-state index contributed by atoms with van der Waals surface area (Å²) in [6.07, 6.45) is 4.98. The molecule has 122 valence electrons. The zero-order valence-electron chi connectivity index (χ0n) is 14.1. The first-order valence-electron chi connectivity index (χ1n) is 8.17. The molecule has 3 aliphatic rings. The number of fused-ring (bicyclic) bond motifs is 1. The summed E-state index contributed by atoms with van der Waals surface area (Å²) in [6, 6.07) is 4.04. The molecule has 4 heteroatoms. The van der Waals surface area contributed by atoms with E-state index in [4.69, 9.17) is 9.47 Å². The van der Waals surface area contributed by atoms with Gasteiger partial charge in [-0.1, -0.05) is 12.1 Å². The monoisotopic (exact) mass is 313 g/mol. The lowest BCUT2D eigenvalue weighted by molar-refractivity contribution is 0.0807. The fourth-order valence-corrected chi connectivity index (χ4v) is 4.57. The summed E-state index contributed by atoms with van der Waals surface area (Å²) in [7, 11) is 3.85. The van der Waals surface area contributed by atoms with Crippen molar-refractivity contribution < 1.29 is 14.6 Å². The maximum Gasteiger partial charge on any atom is 0.169 e. The number of rotatable bonds is 1. The number of likely N-dealkylation sites (tertiary alicyclic amines) is 1. The lowest BCUT2D eigenvalue weighted by Gasteiger charge is -2.48. The molecule has 0 saturated carbocycles. The summed E-state index contributed by atoms with van der Waals surface area (Å²) in [5.74, 6) is 1.68. The first kappa shape index (κ1) is 14.6. The molecular formula is C19H23NO3. The number of benzene rings is 1. The zero-order chi connectivity index (χ0) is 16.4. The Kier molecular flexibility index (Phi) is 3.04. The molecule has 0 unspecified atom stereocenters. The van der Waals surface area contributed by atoms with E-state index in [0.29, 0.717) is 11.8 Å². The standard InChI is InChI=1S/C19H23NO3/c1-11-5-7-14(21)17-16(11)19-9-10-20(3)12(2)13(19)6-8-15(22-4)18(19)23-17/h5-8,12,18,21H,9-10H2,1-4H3/t12-,18+,19+/m1/s1. The van der Waals surface area contributed by atoms with Crippen LogP contribution in [-0.2, 0) is 10.2 Å². The number of phenols is 1. The molecule has 0 radical (unpaired) electrons. The third-order valence-electron chi connectivity index (χ3n) is 5.88. The highest BCUT2D eigenvalue weighted by atomic mass is 16.5. The molecule has 2 aliphatic heterocycles. The molecule has 1 aliphatic carbocycles. The third-order valence-corrected chi connectivity index (χ3v) is 5.88. The van der Waals surface area contributed by atoms with Crippen LogP contribution in [0.1, 0.15) is 24.5 Å². The van der Waals surface area contributed by atoms with E-state index in [1.807, 2.05) is 12.1 Å². The second-order valence-electron chi connectivity index (χ2n) is 6.88. The summed E-state index contributed by atoms with van der Waals surface area (Å²) in [5, 5.41) is 10.4. The van der Waals surface area contributed by atoms with Crippen LogP contribution in [0.3, 0.4) is 0 Å². The van der Waals surface area contributed by atoms with Gasteiger partial charge in [0.1, 0.15) is 5.76 Å². The van der Waals surface area contributed by atoms with E-state index in [1.165, 1.54) is 11.1 Å². The third kappa shape index (κ3) is 1.70. The Bertz CT molecular complexity index is 736. The van der Waals surface area contributed by atoms with Gasteiger partial charge in [-0.15, -0.1) is 0 Å². The van der Waals surface area contributed by atoms with Gasteiger partial charge in [0.25, 0.3) is 0 Å². The average molecular weight is 313 g/mol. The highest BCUT2D eigenvalue weighted by Crippen LogP contribution is 2.59. The second kappa shape index (κ2) is 4.78. The minimum Gasteiger partial charge on any atom is -0.504 e. The number of ether oxygens (including phenoxy) is 2. The number of aromatic hydroxyl groups is 1. The highest BCUT2D eigenvalue weighted by Gasteiger charge is 2.58. The van der Waals surface area contributed by atoms with Gasteiger partial charge in [0.15, 0.2) is 17.6 Å². The Balaban J connectivity index is 2.01. The summed E-state index contributed by atoms with van der Waals surface area (Å²) in [5.41, 5.74) is 3.42. The number of nitrogens with zero attached hydrogens (tertiary/aromatic N) is 1. The van der Waals surface area contributed by atoms with Crippen molar-refractivity contribution in [1.29, 1.82) is 0 Å². The van der Waals surface area contributed by atoms with Crippen LogP contribution in [0.25, 0.3) is 0 Å². The number of piperidine rings is 1. The first-order chi connectivity index (χ1) is 11.0. The smallest absolute Gasteiger partial charge is 0.169 e. The minimum absolute atomic E-state index is 0.189. The Morgan fingerprint density at radius 3 is 2.87 bits per heavy atom. The van der Waals surface area contributed by atoms with Crippen LogP contribution in [0.5, 0.6) is 11.5 Å². The first-order valence-corrected chi connectivity index (χ1v) is 8.17. The van der Waals surface area contributed by atoms with Crippen molar-refractivity contribution in [3.63, 3.8) is 0 Å². The predicted molar refractivity (Wildman–Crippen MR) is 88.8 cm³/mol. The minimum atomic E-state index is -0.232. The van der Waals surface area contributed by atoms with Crippen LogP contribution in [0, 0.1) is 6.92 Å². The number of allylic oxidation sites excluding steroid dienone is 2. The molecule has 1 saturated heterocycles. The van der Waals surface area contributed by atoms with Crippen LogP contribution < -0.4 is 4.74 Å². The molecule has 1 N–H and O–H groups in total. The van der Waals surface area contributed by atoms with Crippen LogP contribution in [0.4, 0.5) is 0 Å². The molecular weight excluding hydrogens is 290 g/mol. The summed E-state index contributed by atoms with van der Waals surface area (Å²) >= 11 is 0. The van der Waals surface area contributed by atoms with Gasteiger partial charge in [-0.3, -0.25) is 4.90 Å². The fraction of sp³-hybridized carbons (Fsp3) is 0.474. The second-order valence-corrected chi connectivity index (χ2v) is 6.88. The van der Waals surface area contributed by atoms with Crippen molar-refractivity contribution in [1.82, 2.24) is 4.90 Å². The molecule has 23 heavy (non-hydrogen) atoms. The summed E-state index contributed by atoms with van der Waals surface area (Å²) in [4.78, 5) is 2.37. The number of methoxy groups -OCH3 is 1. The van der Waals surface area contributed by atoms with Crippen molar-refractivity contribution in [2.75, 3.05) is 20.7 Å². The average Bonchev–Trinajstić information content (AvgIpc) is 2.90. The lowest BCUT2D eigenvalue weighted by atomic mass is 9.61.